The molecule has 0 aliphatic carbocycles. The van der Waals surface area contributed by atoms with E-state index in [1.54, 1.807) is 19.5 Å². The molecular weight excluding hydrogens is 432 g/mol. The summed E-state index contributed by atoms with van der Waals surface area (Å²) in [5, 5.41) is 10.8. The Balaban J connectivity index is 1.55. The van der Waals surface area contributed by atoms with Crippen LogP contribution in [0.2, 0.25) is 0 Å². The molecule has 2 aromatic heterocycles. The van der Waals surface area contributed by atoms with Gasteiger partial charge in [-0.3, -0.25) is 4.68 Å². The van der Waals surface area contributed by atoms with Crippen LogP contribution in [0, 0.1) is 0 Å². The summed E-state index contributed by atoms with van der Waals surface area (Å²) in [6.45, 7) is 0. The monoisotopic (exact) mass is 450 g/mol. The van der Waals surface area contributed by atoms with Crippen LogP contribution in [-0.4, -0.2) is 26.9 Å². The van der Waals surface area contributed by atoms with E-state index < -0.39 is 0 Å². The van der Waals surface area contributed by atoms with E-state index in [1.807, 2.05) is 66.3 Å². The maximum atomic E-state index is 5.19. The Bertz CT molecular complexity index is 1130. The van der Waals surface area contributed by atoms with Gasteiger partial charge in [-0.15, -0.1) is 0 Å². The van der Waals surface area contributed by atoms with E-state index in [-0.39, 0.29) is 0 Å². The summed E-state index contributed by atoms with van der Waals surface area (Å²) in [5.41, 5.74) is 3.88. The molecule has 146 valence electrons. The SMILES string of the molecule is COc1ccc(Nc2nc(Nc3cccc(-c4ccnn4C)c3)ncc2Br)cc1. The van der Waals surface area contributed by atoms with Gasteiger partial charge < -0.3 is 15.4 Å². The standard InChI is InChI=1S/C21H19BrN6O/c1-28-19(10-11-24-28)14-4-3-5-16(12-14)26-21-23-13-18(22)20(27-21)25-15-6-8-17(29-2)9-7-15/h3-13H,1-2H3,(H2,23,25,26,27). The predicted molar refractivity (Wildman–Crippen MR) is 118 cm³/mol. The third-order valence-electron chi connectivity index (χ3n) is 4.33. The second-order valence-corrected chi connectivity index (χ2v) is 7.14. The maximum Gasteiger partial charge on any atom is 0.229 e. The highest BCUT2D eigenvalue weighted by Crippen LogP contribution is 2.27. The van der Waals surface area contributed by atoms with Crippen LogP contribution in [-0.2, 0) is 7.05 Å². The Morgan fingerprint density at radius 3 is 2.55 bits per heavy atom. The number of nitrogens with zero attached hydrogens (tertiary/aromatic N) is 4. The van der Waals surface area contributed by atoms with E-state index in [4.69, 9.17) is 4.74 Å². The predicted octanol–water partition coefficient (Wildman–Crippen LogP) is 5.14. The number of benzene rings is 2. The first-order valence-corrected chi connectivity index (χ1v) is 9.71. The van der Waals surface area contributed by atoms with Gasteiger partial charge in [0.25, 0.3) is 0 Å². The number of methoxy groups -OCH3 is 1. The lowest BCUT2D eigenvalue weighted by Crippen LogP contribution is -2.02. The number of hydrogen-bond donors (Lipinski definition) is 2. The van der Waals surface area contributed by atoms with Crippen LogP contribution in [0.4, 0.5) is 23.1 Å². The number of rotatable bonds is 6. The molecule has 0 aliphatic heterocycles. The minimum atomic E-state index is 0.492. The second-order valence-electron chi connectivity index (χ2n) is 6.29. The molecule has 0 fully saturated rings. The summed E-state index contributed by atoms with van der Waals surface area (Å²) in [6.07, 6.45) is 3.50. The molecule has 2 N–H and O–H groups in total. The molecule has 0 bridgehead atoms. The molecule has 0 saturated carbocycles. The molecule has 4 rings (SSSR count). The molecule has 7 nitrogen and oxygen atoms in total. The summed E-state index contributed by atoms with van der Waals surface area (Å²) in [7, 11) is 3.56. The van der Waals surface area contributed by atoms with Gasteiger partial charge in [0, 0.05) is 36.4 Å². The largest absolute Gasteiger partial charge is 0.497 e. The van der Waals surface area contributed by atoms with Crippen molar-refractivity contribution >= 4 is 39.1 Å². The summed E-state index contributed by atoms with van der Waals surface area (Å²) in [6, 6.07) is 17.7. The van der Waals surface area contributed by atoms with Crippen LogP contribution in [0.5, 0.6) is 5.75 Å². The highest BCUT2D eigenvalue weighted by atomic mass is 79.9. The van der Waals surface area contributed by atoms with Crippen molar-refractivity contribution in [2.75, 3.05) is 17.7 Å². The first-order valence-electron chi connectivity index (χ1n) is 8.91. The second kappa shape index (κ2) is 8.32. The van der Waals surface area contributed by atoms with Gasteiger partial charge >= 0.3 is 0 Å². The molecule has 0 atom stereocenters. The molecule has 0 radical (unpaired) electrons. The molecule has 0 amide bonds. The fourth-order valence-electron chi connectivity index (χ4n) is 2.87. The number of hydrogen-bond acceptors (Lipinski definition) is 6. The van der Waals surface area contributed by atoms with Crippen molar-refractivity contribution in [1.29, 1.82) is 0 Å². The van der Waals surface area contributed by atoms with Crippen molar-refractivity contribution in [3.05, 3.63) is 71.5 Å². The summed E-state index contributed by atoms with van der Waals surface area (Å²) in [5.74, 6) is 1.95. The van der Waals surface area contributed by atoms with Crippen molar-refractivity contribution in [1.82, 2.24) is 19.7 Å². The molecular formula is C21H19BrN6O. The Kier molecular flexibility index (Phi) is 5.44. The number of nitrogens with one attached hydrogen (secondary N) is 2. The normalized spacial score (nSPS) is 10.6. The van der Waals surface area contributed by atoms with Crippen molar-refractivity contribution in [3.63, 3.8) is 0 Å². The highest BCUT2D eigenvalue weighted by molar-refractivity contribution is 9.10. The quantitative estimate of drug-likeness (QED) is 0.423. The van der Waals surface area contributed by atoms with E-state index in [1.165, 1.54) is 0 Å². The molecule has 29 heavy (non-hydrogen) atoms. The minimum Gasteiger partial charge on any atom is -0.497 e. The zero-order chi connectivity index (χ0) is 20.2. The van der Waals surface area contributed by atoms with Gasteiger partial charge in [-0.25, -0.2) is 4.98 Å². The van der Waals surface area contributed by atoms with Gasteiger partial charge in [0.15, 0.2) is 0 Å². The van der Waals surface area contributed by atoms with Gasteiger partial charge in [-0.1, -0.05) is 12.1 Å². The van der Waals surface area contributed by atoms with E-state index in [9.17, 15) is 0 Å². The Morgan fingerprint density at radius 1 is 1.00 bits per heavy atom. The van der Waals surface area contributed by atoms with Gasteiger partial charge in [0.2, 0.25) is 5.95 Å². The third kappa shape index (κ3) is 4.38. The molecule has 0 aliphatic rings. The number of aryl methyl sites for hydroxylation is 1. The van der Waals surface area contributed by atoms with E-state index >= 15 is 0 Å². The van der Waals surface area contributed by atoms with Crippen molar-refractivity contribution < 1.29 is 4.74 Å². The van der Waals surface area contributed by atoms with Crippen molar-refractivity contribution in [2.24, 2.45) is 7.05 Å². The lowest BCUT2D eigenvalue weighted by Gasteiger charge is -2.11. The average Bonchev–Trinajstić information content (AvgIpc) is 3.17. The van der Waals surface area contributed by atoms with Crippen molar-refractivity contribution in [2.45, 2.75) is 0 Å². The molecule has 4 aromatic rings. The molecule has 2 aromatic carbocycles. The minimum absolute atomic E-state index is 0.492. The van der Waals surface area contributed by atoms with Crippen LogP contribution in [0.25, 0.3) is 11.3 Å². The first kappa shape index (κ1) is 18.9. The van der Waals surface area contributed by atoms with E-state index in [2.05, 4.69) is 41.6 Å². The Labute approximate surface area is 176 Å². The van der Waals surface area contributed by atoms with Gasteiger partial charge in [0.05, 0.1) is 17.3 Å². The highest BCUT2D eigenvalue weighted by Gasteiger charge is 2.08. The number of halogens is 1. The zero-order valence-electron chi connectivity index (χ0n) is 15.9. The maximum absolute atomic E-state index is 5.19. The van der Waals surface area contributed by atoms with Crippen LogP contribution < -0.4 is 15.4 Å². The first-order chi connectivity index (χ1) is 14.1. The lowest BCUT2D eigenvalue weighted by atomic mass is 10.1. The van der Waals surface area contributed by atoms with Crippen LogP contribution in [0.1, 0.15) is 0 Å². The van der Waals surface area contributed by atoms with E-state index in [0.29, 0.717) is 11.8 Å². The topological polar surface area (TPSA) is 76.9 Å². The zero-order valence-corrected chi connectivity index (χ0v) is 17.5. The van der Waals surface area contributed by atoms with E-state index in [0.717, 1.165) is 32.9 Å². The fraction of sp³-hybridized carbons (Fsp3) is 0.0952. The smallest absolute Gasteiger partial charge is 0.229 e. The molecule has 0 unspecified atom stereocenters. The summed E-state index contributed by atoms with van der Waals surface area (Å²) in [4.78, 5) is 8.95. The molecule has 0 saturated heterocycles. The van der Waals surface area contributed by atoms with Gasteiger partial charge in [0.1, 0.15) is 11.6 Å². The van der Waals surface area contributed by atoms with Crippen molar-refractivity contribution in [3.8, 4) is 17.0 Å². The van der Waals surface area contributed by atoms with Crippen LogP contribution >= 0.6 is 15.9 Å². The van der Waals surface area contributed by atoms with Gasteiger partial charge in [-0.05, 0) is 58.4 Å². The molecule has 0 spiro atoms. The molecule has 8 heteroatoms. The third-order valence-corrected chi connectivity index (χ3v) is 4.91. The Morgan fingerprint density at radius 2 is 1.83 bits per heavy atom. The Hall–Kier alpha value is -3.39. The van der Waals surface area contributed by atoms with Gasteiger partial charge in [-0.2, -0.15) is 10.1 Å². The van der Waals surface area contributed by atoms with Crippen LogP contribution in [0.3, 0.4) is 0 Å². The molecule has 2 heterocycles. The summed E-state index contributed by atoms with van der Waals surface area (Å²) >= 11 is 3.50. The number of anilines is 4. The average molecular weight is 451 g/mol. The van der Waals surface area contributed by atoms with Crippen LogP contribution in [0.15, 0.2) is 71.5 Å². The lowest BCUT2D eigenvalue weighted by molar-refractivity contribution is 0.415. The summed E-state index contributed by atoms with van der Waals surface area (Å²) < 4.78 is 7.80. The number of aromatic nitrogens is 4. The fourth-order valence-corrected chi connectivity index (χ4v) is 3.16. The number of ether oxygens (including phenoxy) is 1.